The van der Waals surface area contributed by atoms with Crippen LogP contribution in [0.1, 0.15) is 47.1 Å². The van der Waals surface area contributed by atoms with Gasteiger partial charge in [-0.25, -0.2) is 4.79 Å². The average molecular weight is 388 g/mol. The molecule has 4 nitrogen and oxygen atoms in total. The van der Waals surface area contributed by atoms with Gasteiger partial charge in [-0.1, -0.05) is 75.4 Å². The lowest BCUT2D eigenvalue weighted by Gasteiger charge is -2.19. The minimum Gasteiger partial charge on any atom is -0.456 e. The number of Topliss-reactive ketones (excluding diaryl/α,β-unsaturated/α-hetero) is 1. The van der Waals surface area contributed by atoms with Gasteiger partial charge in [-0.15, -0.1) is 0 Å². The Balaban J connectivity index is 1.66. The Bertz CT molecular complexity index is 983. The summed E-state index contributed by atoms with van der Waals surface area (Å²) in [7, 11) is 0. The number of benzene rings is 3. The number of ketones is 1. The number of ether oxygens (including phenoxy) is 2. The molecule has 0 amide bonds. The summed E-state index contributed by atoms with van der Waals surface area (Å²) in [6.45, 7) is 6.01. The van der Waals surface area contributed by atoms with E-state index in [0.717, 1.165) is 5.56 Å². The van der Waals surface area contributed by atoms with Crippen molar-refractivity contribution < 1.29 is 19.1 Å². The highest BCUT2D eigenvalue weighted by Crippen LogP contribution is 2.26. The maximum Gasteiger partial charge on any atom is 0.342 e. The number of esters is 1. The molecular weight excluding hydrogens is 364 g/mol. The van der Waals surface area contributed by atoms with Gasteiger partial charge in [-0.05, 0) is 35.2 Å². The van der Waals surface area contributed by atoms with Gasteiger partial charge in [0.1, 0.15) is 17.1 Å². The van der Waals surface area contributed by atoms with E-state index in [1.165, 1.54) is 0 Å². The van der Waals surface area contributed by atoms with Gasteiger partial charge in [-0.2, -0.15) is 0 Å². The number of carbonyl (C=O) groups excluding carboxylic acids is 2. The summed E-state index contributed by atoms with van der Waals surface area (Å²) in [5, 5.41) is 0. The molecule has 0 saturated heterocycles. The second kappa shape index (κ2) is 8.74. The fourth-order valence-corrected chi connectivity index (χ4v) is 2.79. The molecule has 0 saturated carbocycles. The molecule has 0 radical (unpaired) electrons. The minimum absolute atomic E-state index is 0.0104. The summed E-state index contributed by atoms with van der Waals surface area (Å²) < 4.78 is 11.0. The predicted molar refractivity (Wildman–Crippen MR) is 113 cm³/mol. The van der Waals surface area contributed by atoms with Gasteiger partial charge < -0.3 is 9.47 Å². The molecule has 0 heterocycles. The first kappa shape index (κ1) is 20.3. The van der Waals surface area contributed by atoms with Crippen LogP contribution in [0.15, 0.2) is 78.9 Å². The maximum absolute atomic E-state index is 12.5. The van der Waals surface area contributed by atoms with Crippen molar-refractivity contribution in [1.82, 2.24) is 0 Å². The molecule has 0 N–H and O–H groups in total. The Morgan fingerprint density at radius 2 is 1.41 bits per heavy atom. The lowest BCUT2D eigenvalue weighted by molar-refractivity contribution is 0.0472. The zero-order chi connectivity index (χ0) is 20.9. The second-order valence-electron chi connectivity index (χ2n) is 7.74. The van der Waals surface area contributed by atoms with E-state index in [2.05, 4.69) is 20.8 Å². The van der Waals surface area contributed by atoms with Crippen molar-refractivity contribution in [2.75, 3.05) is 6.61 Å². The summed E-state index contributed by atoms with van der Waals surface area (Å²) >= 11 is 0. The van der Waals surface area contributed by atoms with Crippen LogP contribution in [0.25, 0.3) is 0 Å². The van der Waals surface area contributed by atoms with E-state index in [9.17, 15) is 9.59 Å². The van der Waals surface area contributed by atoms with E-state index in [1.807, 2.05) is 30.3 Å². The molecule has 0 bridgehead atoms. The van der Waals surface area contributed by atoms with Crippen molar-refractivity contribution in [3.63, 3.8) is 0 Å². The Hall–Kier alpha value is -3.40. The first-order chi connectivity index (χ1) is 13.8. The van der Waals surface area contributed by atoms with E-state index in [4.69, 9.17) is 9.47 Å². The van der Waals surface area contributed by atoms with Gasteiger partial charge in [0.15, 0.2) is 12.4 Å². The molecule has 3 aromatic rings. The highest BCUT2D eigenvalue weighted by Gasteiger charge is 2.18. The standard InChI is InChI=1S/C25H24O4/c1-25(2,3)19-15-13-18(14-16-19)22(26)17-28-24(27)21-11-7-8-12-23(21)29-20-9-5-4-6-10-20/h4-16H,17H2,1-3H3. The fourth-order valence-electron chi connectivity index (χ4n) is 2.79. The molecule has 0 aliphatic heterocycles. The largest absolute Gasteiger partial charge is 0.456 e. The third-order valence-electron chi connectivity index (χ3n) is 4.49. The molecular formula is C25H24O4. The quantitative estimate of drug-likeness (QED) is 0.395. The normalized spacial score (nSPS) is 11.0. The van der Waals surface area contributed by atoms with Crippen molar-refractivity contribution in [3.8, 4) is 11.5 Å². The lowest BCUT2D eigenvalue weighted by Crippen LogP contribution is -2.15. The Morgan fingerprint density at radius 1 is 0.793 bits per heavy atom. The molecule has 148 valence electrons. The van der Waals surface area contributed by atoms with Crippen LogP contribution >= 0.6 is 0 Å². The van der Waals surface area contributed by atoms with E-state index in [1.54, 1.807) is 48.5 Å². The highest BCUT2D eigenvalue weighted by molar-refractivity contribution is 6.00. The zero-order valence-corrected chi connectivity index (χ0v) is 16.8. The molecule has 0 aliphatic carbocycles. The molecule has 0 spiro atoms. The van der Waals surface area contributed by atoms with Crippen molar-refractivity contribution in [2.45, 2.75) is 26.2 Å². The van der Waals surface area contributed by atoms with E-state index in [-0.39, 0.29) is 23.4 Å². The molecule has 0 fully saturated rings. The van der Waals surface area contributed by atoms with E-state index < -0.39 is 5.97 Å². The Morgan fingerprint density at radius 3 is 2.07 bits per heavy atom. The number of hydrogen-bond acceptors (Lipinski definition) is 4. The Labute approximate surface area is 171 Å². The molecule has 0 atom stereocenters. The molecule has 3 aromatic carbocycles. The number of hydrogen-bond donors (Lipinski definition) is 0. The molecule has 0 aliphatic rings. The van der Waals surface area contributed by atoms with Crippen LogP contribution in [0.5, 0.6) is 11.5 Å². The first-order valence-electron chi connectivity index (χ1n) is 9.47. The lowest BCUT2D eigenvalue weighted by atomic mass is 9.86. The van der Waals surface area contributed by atoms with Gasteiger partial charge >= 0.3 is 5.97 Å². The summed E-state index contributed by atoms with van der Waals surface area (Å²) in [5.41, 5.74) is 1.93. The molecule has 0 aromatic heterocycles. The summed E-state index contributed by atoms with van der Waals surface area (Å²) in [6, 6.07) is 23.4. The summed E-state index contributed by atoms with van der Waals surface area (Å²) in [5.74, 6) is 0.143. The third-order valence-corrected chi connectivity index (χ3v) is 4.49. The maximum atomic E-state index is 12.5. The number of para-hydroxylation sites is 2. The van der Waals surface area contributed by atoms with Crippen molar-refractivity contribution >= 4 is 11.8 Å². The monoisotopic (exact) mass is 388 g/mol. The van der Waals surface area contributed by atoms with Crippen LogP contribution in [0.2, 0.25) is 0 Å². The predicted octanol–water partition coefficient (Wildman–Crippen LogP) is 5.82. The summed E-state index contributed by atoms with van der Waals surface area (Å²) in [4.78, 5) is 24.9. The van der Waals surface area contributed by atoms with Crippen LogP contribution in [0, 0.1) is 0 Å². The first-order valence-corrected chi connectivity index (χ1v) is 9.47. The Kier molecular flexibility index (Phi) is 6.13. The van der Waals surface area contributed by atoms with Gasteiger partial charge in [-0.3, -0.25) is 4.79 Å². The fraction of sp³-hybridized carbons (Fsp3) is 0.200. The van der Waals surface area contributed by atoms with Gasteiger partial charge in [0.25, 0.3) is 0 Å². The molecule has 4 heteroatoms. The number of rotatable bonds is 6. The smallest absolute Gasteiger partial charge is 0.342 e. The van der Waals surface area contributed by atoms with Crippen LogP contribution in [0.4, 0.5) is 0 Å². The van der Waals surface area contributed by atoms with Crippen LogP contribution in [-0.2, 0) is 10.2 Å². The van der Waals surface area contributed by atoms with Crippen LogP contribution in [-0.4, -0.2) is 18.4 Å². The van der Waals surface area contributed by atoms with Crippen molar-refractivity contribution in [2.24, 2.45) is 0 Å². The summed E-state index contributed by atoms with van der Waals surface area (Å²) in [6.07, 6.45) is 0. The second-order valence-corrected chi connectivity index (χ2v) is 7.74. The van der Waals surface area contributed by atoms with Gasteiger partial charge in [0.05, 0.1) is 0 Å². The van der Waals surface area contributed by atoms with Gasteiger partial charge in [0.2, 0.25) is 0 Å². The topological polar surface area (TPSA) is 52.6 Å². The average Bonchev–Trinajstić information content (AvgIpc) is 2.72. The zero-order valence-electron chi connectivity index (χ0n) is 16.8. The van der Waals surface area contributed by atoms with Crippen molar-refractivity contribution in [1.29, 1.82) is 0 Å². The minimum atomic E-state index is -0.601. The molecule has 29 heavy (non-hydrogen) atoms. The third kappa shape index (κ3) is 5.32. The van der Waals surface area contributed by atoms with Crippen LogP contribution < -0.4 is 4.74 Å². The van der Waals surface area contributed by atoms with Gasteiger partial charge in [0, 0.05) is 5.56 Å². The highest BCUT2D eigenvalue weighted by atomic mass is 16.5. The SMILES string of the molecule is CC(C)(C)c1ccc(C(=O)COC(=O)c2ccccc2Oc2ccccc2)cc1. The van der Waals surface area contributed by atoms with Crippen molar-refractivity contribution in [3.05, 3.63) is 95.6 Å². The molecule has 0 unspecified atom stereocenters. The number of carbonyl (C=O) groups is 2. The van der Waals surface area contributed by atoms with E-state index in [0.29, 0.717) is 17.1 Å². The van der Waals surface area contributed by atoms with E-state index >= 15 is 0 Å². The van der Waals surface area contributed by atoms with Crippen LogP contribution in [0.3, 0.4) is 0 Å². The molecule has 3 rings (SSSR count).